The largest absolute Gasteiger partial charge is 0.491 e. The molecule has 0 heterocycles. The summed E-state index contributed by atoms with van der Waals surface area (Å²) in [6.45, 7) is 6.18. The average molecular weight is 439 g/mol. The lowest BCUT2D eigenvalue weighted by Crippen LogP contribution is -2.28. The van der Waals surface area contributed by atoms with E-state index in [0.29, 0.717) is 24.4 Å². The Bertz CT molecular complexity index is 1170. The first-order valence-electron chi connectivity index (χ1n) is 9.93. The number of nitrogens with one attached hydrogen (secondary N) is 2. The van der Waals surface area contributed by atoms with Gasteiger partial charge < -0.3 is 10.1 Å². The molecule has 3 aromatic rings. The van der Waals surface area contributed by atoms with Gasteiger partial charge >= 0.3 is 0 Å². The summed E-state index contributed by atoms with van der Waals surface area (Å²) in [6.07, 6.45) is 0. The van der Waals surface area contributed by atoms with Crippen LogP contribution in [0, 0.1) is 20.8 Å². The zero-order chi connectivity index (χ0) is 22.4. The molecule has 31 heavy (non-hydrogen) atoms. The lowest BCUT2D eigenvalue weighted by atomic mass is 10.1. The highest BCUT2D eigenvalue weighted by Crippen LogP contribution is 2.21. The molecule has 0 unspecified atom stereocenters. The van der Waals surface area contributed by atoms with Crippen LogP contribution in [0.5, 0.6) is 5.75 Å². The molecule has 3 rings (SSSR count). The van der Waals surface area contributed by atoms with Gasteiger partial charge in [-0.05, 0) is 62.2 Å². The van der Waals surface area contributed by atoms with Crippen molar-refractivity contribution in [1.29, 1.82) is 0 Å². The first-order chi connectivity index (χ1) is 14.8. The Hall–Kier alpha value is -3.32. The predicted molar refractivity (Wildman–Crippen MR) is 122 cm³/mol. The number of ether oxygens (including phenoxy) is 1. The number of benzene rings is 3. The molecule has 0 radical (unpaired) electrons. The summed E-state index contributed by atoms with van der Waals surface area (Å²) in [6, 6.07) is 19.3. The molecule has 0 fully saturated rings. The molecule has 0 bridgehead atoms. The summed E-state index contributed by atoms with van der Waals surface area (Å²) in [5.41, 5.74) is 3.34. The van der Waals surface area contributed by atoms with Crippen LogP contribution in [0.1, 0.15) is 27.0 Å². The van der Waals surface area contributed by atoms with Crippen LogP contribution in [-0.4, -0.2) is 27.5 Å². The number of sulfonamides is 1. The van der Waals surface area contributed by atoms with Crippen molar-refractivity contribution in [2.75, 3.05) is 17.9 Å². The second-order valence-corrected chi connectivity index (χ2v) is 8.97. The smallest absolute Gasteiger partial charge is 0.262 e. The highest BCUT2D eigenvalue weighted by Gasteiger charge is 2.19. The van der Waals surface area contributed by atoms with Crippen LogP contribution in [0.3, 0.4) is 0 Å². The van der Waals surface area contributed by atoms with Gasteiger partial charge in [0.15, 0.2) is 0 Å². The summed E-state index contributed by atoms with van der Waals surface area (Å²) in [4.78, 5) is 12.6. The summed E-state index contributed by atoms with van der Waals surface area (Å²) in [7, 11) is -3.83. The zero-order valence-electron chi connectivity index (χ0n) is 17.8. The van der Waals surface area contributed by atoms with E-state index in [1.807, 2.05) is 50.2 Å². The molecule has 2 N–H and O–H groups in total. The molecule has 6 nitrogen and oxygen atoms in total. The van der Waals surface area contributed by atoms with Crippen molar-refractivity contribution in [3.05, 3.63) is 89.0 Å². The van der Waals surface area contributed by atoms with Crippen molar-refractivity contribution in [2.45, 2.75) is 25.7 Å². The molecule has 1 amide bonds. The molecule has 0 aromatic heterocycles. The number of para-hydroxylation sites is 1. The Morgan fingerprint density at radius 3 is 2.32 bits per heavy atom. The number of amides is 1. The van der Waals surface area contributed by atoms with Gasteiger partial charge in [-0.15, -0.1) is 0 Å². The molecule has 0 aliphatic carbocycles. The number of hydrogen-bond acceptors (Lipinski definition) is 4. The van der Waals surface area contributed by atoms with Gasteiger partial charge in [-0.25, -0.2) is 8.42 Å². The molecular formula is C24H26N2O4S. The first kappa shape index (κ1) is 22.4. The van der Waals surface area contributed by atoms with E-state index >= 15 is 0 Å². The SMILES string of the molecule is Cc1ccc(NS(=O)(=O)c2cc(C(=O)NCCOc3ccccc3C)ccc2C)cc1. The van der Waals surface area contributed by atoms with E-state index in [0.717, 1.165) is 16.9 Å². The van der Waals surface area contributed by atoms with Crippen LogP contribution in [0.25, 0.3) is 0 Å². The van der Waals surface area contributed by atoms with E-state index in [4.69, 9.17) is 4.74 Å². The number of carbonyl (C=O) groups is 1. The Kier molecular flexibility index (Phi) is 6.97. The fourth-order valence-electron chi connectivity index (χ4n) is 3.01. The van der Waals surface area contributed by atoms with Crippen molar-refractivity contribution < 1.29 is 17.9 Å². The van der Waals surface area contributed by atoms with Crippen molar-refractivity contribution in [2.24, 2.45) is 0 Å². The molecule has 0 aliphatic heterocycles. The van der Waals surface area contributed by atoms with Gasteiger partial charge in [-0.3, -0.25) is 9.52 Å². The minimum Gasteiger partial charge on any atom is -0.491 e. The van der Waals surface area contributed by atoms with Crippen LogP contribution in [0.4, 0.5) is 5.69 Å². The lowest BCUT2D eigenvalue weighted by molar-refractivity contribution is 0.0946. The summed E-state index contributed by atoms with van der Waals surface area (Å²) in [5.74, 6) is 0.405. The van der Waals surface area contributed by atoms with Crippen molar-refractivity contribution in [3.8, 4) is 5.75 Å². The first-order valence-corrected chi connectivity index (χ1v) is 11.4. The molecule has 3 aromatic carbocycles. The Labute approximate surface area is 183 Å². The van der Waals surface area contributed by atoms with E-state index in [1.54, 1.807) is 31.2 Å². The zero-order valence-corrected chi connectivity index (χ0v) is 18.6. The quantitative estimate of drug-likeness (QED) is 0.516. The number of rotatable bonds is 8. The number of aryl methyl sites for hydroxylation is 3. The van der Waals surface area contributed by atoms with Gasteiger partial charge in [0.05, 0.1) is 11.4 Å². The predicted octanol–water partition coefficient (Wildman–Crippen LogP) is 4.22. The molecule has 162 valence electrons. The third-order valence-electron chi connectivity index (χ3n) is 4.78. The topological polar surface area (TPSA) is 84.5 Å². The molecule has 0 spiro atoms. The second-order valence-electron chi connectivity index (χ2n) is 7.32. The van der Waals surface area contributed by atoms with Crippen LogP contribution in [-0.2, 0) is 10.0 Å². The molecule has 0 saturated carbocycles. The fourth-order valence-corrected chi connectivity index (χ4v) is 4.34. The van der Waals surface area contributed by atoms with Crippen LogP contribution in [0.2, 0.25) is 0 Å². The summed E-state index contributed by atoms with van der Waals surface area (Å²) in [5, 5.41) is 2.76. The van der Waals surface area contributed by atoms with Crippen molar-refractivity contribution in [3.63, 3.8) is 0 Å². The Balaban J connectivity index is 1.66. The van der Waals surface area contributed by atoms with Gasteiger partial charge in [0.25, 0.3) is 15.9 Å². The molecule has 7 heteroatoms. The van der Waals surface area contributed by atoms with Crippen LogP contribution >= 0.6 is 0 Å². The van der Waals surface area contributed by atoms with Crippen LogP contribution < -0.4 is 14.8 Å². The number of anilines is 1. The van der Waals surface area contributed by atoms with E-state index in [-0.39, 0.29) is 16.4 Å². The fraction of sp³-hybridized carbons (Fsp3) is 0.208. The summed E-state index contributed by atoms with van der Waals surface area (Å²) >= 11 is 0. The van der Waals surface area contributed by atoms with Gasteiger partial charge in [-0.1, -0.05) is 42.0 Å². The van der Waals surface area contributed by atoms with Gasteiger partial charge in [0.1, 0.15) is 12.4 Å². The summed E-state index contributed by atoms with van der Waals surface area (Å²) < 4.78 is 34.0. The minimum atomic E-state index is -3.83. The van der Waals surface area contributed by atoms with Gasteiger partial charge in [0.2, 0.25) is 0 Å². The molecule has 0 atom stereocenters. The Morgan fingerprint density at radius 1 is 0.903 bits per heavy atom. The average Bonchev–Trinajstić information content (AvgIpc) is 2.74. The maximum absolute atomic E-state index is 12.9. The van der Waals surface area contributed by atoms with Gasteiger partial charge in [-0.2, -0.15) is 0 Å². The number of hydrogen-bond donors (Lipinski definition) is 2. The molecule has 0 saturated heterocycles. The van der Waals surface area contributed by atoms with Crippen molar-refractivity contribution in [1.82, 2.24) is 5.32 Å². The lowest BCUT2D eigenvalue weighted by Gasteiger charge is -2.13. The van der Waals surface area contributed by atoms with E-state index < -0.39 is 10.0 Å². The third kappa shape index (κ3) is 5.86. The normalized spacial score (nSPS) is 11.1. The van der Waals surface area contributed by atoms with E-state index in [9.17, 15) is 13.2 Å². The third-order valence-corrected chi connectivity index (χ3v) is 6.31. The molecular weight excluding hydrogens is 412 g/mol. The Morgan fingerprint density at radius 2 is 1.61 bits per heavy atom. The highest BCUT2D eigenvalue weighted by molar-refractivity contribution is 7.92. The van der Waals surface area contributed by atoms with E-state index in [1.165, 1.54) is 6.07 Å². The van der Waals surface area contributed by atoms with Crippen molar-refractivity contribution >= 4 is 21.6 Å². The van der Waals surface area contributed by atoms with E-state index in [2.05, 4.69) is 10.0 Å². The van der Waals surface area contributed by atoms with Gasteiger partial charge in [0, 0.05) is 11.3 Å². The maximum atomic E-state index is 12.9. The monoisotopic (exact) mass is 438 g/mol. The maximum Gasteiger partial charge on any atom is 0.262 e. The van der Waals surface area contributed by atoms with Crippen LogP contribution in [0.15, 0.2) is 71.6 Å². The second kappa shape index (κ2) is 9.66. The molecule has 0 aliphatic rings. The standard InChI is InChI=1S/C24H26N2O4S/c1-17-8-12-21(13-9-17)26-31(28,29)23-16-20(11-10-19(23)3)24(27)25-14-15-30-22-7-5-4-6-18(22)2/h4-13,16,26H,14-15H2,1-3H3,(H,25,27). The highest BCUT2D eigenvalue weighted by atomic mass is 32.2. The number of carbonyl (C=O) groups excluding carboxylic acids is 1. The minimum absolute atomic E-state index is 0.0666.